The summed E-state index contributed by atoms with van der Waals surface area (Å²) < 4.78 is 1.79. The zero-order chi connectivity index (χ0) is 8.55. The Labute approximate surface area is 71.8 Å². The summed E-state index contributed by atoms with van der Waals surface area (Å²) in [5.41, 5.74) is 5.96. The Bertz CT molecular complexity index is 264. The van der Waals surface area contributed by atoms with Gasteiger partial charge in [0.05, 0.1) is 0 Å². The van der Waals surface area contributed by atoms with Gasteiger partial charge in [-0.1, -0.05) is 0 Å². The Kier molecular flexibility index (Phi) is 1.84. The number of rotatable bonds is 3. The fourth-order valence-corrected chi connectivity index (χ4v) is 1.41. The van der Waals surface area contributed by atoms with E-state index in [1.807, 2.05) is 7.05 Å². The zero-order valence-corrected chi connectivity index (χ0v) is 7.27. The van der Waals surface area contributed by atoms with Gasteiger partial charge in [0.15, 0.2) is 0 Å². The first kappa shape index (κ1) is 7.73. The molecule has 2 N–H and O–H groups in total. The lowest BCUT2D eigenvalue weighted by atomic mass is 10.1. The fourth-order valence-electron chi connectivity index (χ4n) is 1.41. The Hall–Kier alpha value is -0.900. The molecule has 66 valence electrons. The van der Waals surface area contributed by atoms with Crippen molar-refractivity contribution in [1.82, 2.24) is 14.8 Å². The van der Waals surface area contributed by atoms with Gasteiger partial charge in [-0.2, -0.15) is 5.10 Å². The SMILES string of the molecule is Cn1ncnc1CC(N)C1CC1. The lowest BCUT2D eigenvalue weighted by Crippen LogP contribution is -2.26. The van der Waals surface area contributed by atoms with Gasteiger partial charge in [-0.05, 0) is 18.8 Å². The van der Waals surface area contributed by atoms with Crippen molar-refractivity contribution in [3.63, 3.8) is 0 Å². The standard InChI is InChI=1S/C8H14N4/c1-12-8(10-5-11-12)4-7(9)6-2-3-6/h5-7H,2-4,9H2,1H3. The molecule has 1 aromatic heterocycles. The van der Waals surface area contributed by atoms with Gasteiger partial charge in [0.2, 0.25) is 0 Å². The second-order valence-electron chi connectivity index (χ2n) is 3.51. The Morgan fingerprint density at radius 2 is 2.50 bits per heavy atom. The summed E-state index contributed by atoms with van der Waals surface area (Å²) in [4.78, 5) is 4.14. The third-order valence-electron chi connectivity index (χ3n) is 2.45. The van der Waals surface area contributed by atoms with Gasteiger partial charge in [0.1, 0.15) is 12.2 Å². The van der Waals surface area contributed by atoms with Crippen LogP contribution in [0.15, 0.2) is 6.33 Å². The Morgan fingerprint density at radius 1 is 1.75 bits per heavy atom. The van der Waals surface area contributed by atoms with Crippen LogP contribution in [-0.4, -0.2) is 20.8 Å². The van der Waals surface area contributed by atoms with E-state index in [4.69, 9.17) is 5.73 Å². The first-order valence-corrected chi connectivity index (χ1v) is 4.36. The van der Waals surface area contributed by atoms with Gasteiger partial charge in [0, 0.05) is 19.5 Å². The normalized spacial score (nSPS) is 19.5. The van der Waals surface area contributed by atoms with Crippen LogP contribution in [0.25, 0.3) is 0 Å². The molecule has 1 atom stereocenters. The molecule has 0 radical (unpaired) electrons. The molecule has 2 rings (SSSR count). The van der Waals surface area contributed by atoms with Crippen LogP contribution in [0.3, 0.4) is 0 Å². The van der Waals surface area contributed by atoms with E-state index in [1.165, 1.54) is 12.8 Å². The minimum atomic E-state index is 0.285. The van der Waals surface area contributed by atoms with E-state index >= 15 is 0 Å². The summed E-state index contributed by atoms with van der Waals surface area (Å²) in [6.45, 7) is 0. The molecule has 0 bridgehead atoms. The minimum absolute atomic E-state index is 0.285. The van der Waals surface area contributed by atoms with Gasteiger partial charge in [-0.3, -0.25) is 4.68 Å². The van der Waals surface area contributed by atoms with Crippen LogP contribution in [0.5, 0.6) is 0 Å². The van der Waals surface area contributed by atoms with E-state index in [2.05, 4.69) is 10.1 Å². The number of nitrogens with two attached hydrogens (primary N) is 1. The van der Waals surface area contributed by atoms with E-state index in [1.54, 1.807) is 11.0 Å². The summed E-state index contributed by atoms with van der Waals surface area (Å²) in [7, 11) is 1.90. The quantitative estimate of drug-likeness (QED) is 0.692. The second kappa shape index (κ2) is 2.86. The number of aryl methyl sites for hydroxylation is 1. The molecular formula is C8H14N4. The molecule has 1 aliphatic rings. The average Bonchev–Trinajstić information content (AvgIpc) is 2.80. The number of nitrogens with zero attached hydrogens (tertiary/aromatic N) is 3. The van der Waals surface area contributed by atoms with Crippen molar-refractivity contribution in [3.05, 3.63) is 12.2 Å². The highest BCUT2D eigenvalue weighted by molar-refractivity contribution is 4.94. The van der Waals surface area contributed by atoms with Crippen LogP contribution in [0, 0.1) is 5.92 Å². The predicted octanol–water partition coefficient (Wildman–Crippen LogP) is 0.0949. The van der Waals surface area contributed by atoms with Crippen LogP contribution in [-0.2, 0) is 13.5 Å². The molecule has 12 heavy (non-hydrogen) atoms. The molecule has 0 aliphatic heterocycles. The molecule has 0 saturated heterocycles. The summed E-state index contributed by atoms with van der Waals surface area (Å²) in [6, 6.07) is 0.285. The predicted molar refractivity (Wildman–Crippen MR) is 45.4 cm³/mol. The molecule has 0 amide bonds. The highest BCUT2D eigenvalue weighted by Crippen LogP contribution is 2.32. The molecule has 1 fully saturated rings. The topological polar surface area (TPSA) is 56.7 Å². The molecule has 1 unspecified atom stereocenters. The smallest absolute Gasteiger partial charge is 0.138 e. The van der Waals surface area contributed by atoms with Crippen molar-refractivity contribution in [2.45, 2.75) is 25.3 Å². The van der Waals surface area contributed by atoms with Gasteiger partial charge in [-0.25, -0.2) is 4.98 Å². The Morgan fingerprint density at radius 3 is 3.00 bits per heavy atom. The molecule has 1 aromatic rings. The molecule has 1 heterocycles. The number of hydrogen-bond acceptors (Lipinski definition) is 3. The van der Waals surface area contributed by atoms with Crippen molar-refractivity contribution in [2.75, 3.05) is 0 Å². The molecule has 0 aromatic carbocycles. The monoisotopic (exact) mass is 166 g/mol. The van der Waals surface area contributed by atoms with Gasteiger partial charge in [0.25, 0.3) is 0 Å². The van der Waals surface area contributed by atoms with Crippen molar-refractivity contribution < 1.29 is 0 Å². The zero-order valence-electron chi connectivity index (χ0n) is 7.27. The maximum atomic E-state index is 5.96. The van der Waals surface area contributed by atoms with Crippen molar-refractivity contribution in [3.8, 4) is 0 Å². The molecule has 1 saturated carbocycles. The van der Waals surface area contributed by atoms with Crippen molar-refractivity contribution >= 4 is 0 Å². The molecular weight excluding hydrogens is 152 g/mol. The summed E-state index contributed by atoms with van der Waals surface area (Å²) in [5.74, 6) is 1.73. The average molecular weight is 166 g/mol. The third-order valence-corrected chi connectivity index (χ3v) is 2.45. The second-order valence-corrected chi connectivity index (χ2v) is 3.51. The van der Waals surface area contributed by atoms with Crippen molar-refractivity contribution in [2.24, 2.45) is 18.7 Å². The first-order chi connectivity index (χ1) is 5.77. The first-order valence-electron chi connectivity index (χ1n) is 4.36. The molecule has 4 nitrogen and oxygen atoms in total. The van der Waals surface area contributed by atoms with Crippen LogP contribution < -0.4 is 5.73 Å². The Balaban J connectivity index is 1.97. The third kappa shape index (κ3) is 1.48. The molecule has 0 spiro atoms. The van der Waals surface area contributed by atoms with E-state index in [9.17, 15) is 0 Å². The van der Waals surface area contributed by atoms with Gasteiger partial charge < -0.3 is 5.73 Å². The number of aromatic nitrogens is 3. The lowest BCUT2D eigenvalue weighted by Gasteiger charge is -2.08. The van der Waals surface area contributed by atoms with Crippen molar-refractivity contribution in [1.29, 1.82) is 0 Å². The summed E-state index contributed by atoms with van der Waals surface area (Å²) in [6.07, 6.45) is 5.02. The maximum Gasteiger partial charge on any atom is 0.138 e. The van der Waals surface area contributed by atoms with Crippen LogP contribution in [0.1, 0.15) is 18.7 Å². The highest BCUT2D eigenvalue weighted by atomic mass is 15.3. The summed E-state index contributed by atoms with van der Waals surface area (Å²) in [5, 5.41) is 4.00. The fraction of sp³-hybridized carbons (Fsp3) is 0.750. The van der Waals surface area contributed by atoms with E-state index in [0.717, 1.165) is 18.2 Å². The van der Waals surface area contributed by atoms with Gasteiger partial charge >= 0.3 is 0 Å². The van der Waals surface area contributed by atoms with E-state index in [0.29, 0.717) is 0 Å². The van der Waals surface area contributed by atoms with Gasteiger partial charge in [-0.15, -0.1) is 0 Å². The molecule has 4 heteroatoms. The number of hydrogen-bond donors (Lipinski definition) is 1. The largest absolute Gasteiger partial charge is 0.327 e. The van der Waals surface area contributed by atoms with Crippen LogP contribution in [0.2, 0.25) is 0 Å². The van der Waals surface area contributed by atoms with E-state index in [-0.39, 0.29) is 6.04 Å². The molecule has 1 aliphatic carbocycles. The maximum absolute atomic E-state index is 5.96. The van der Waals surface area contributed by atoms with E-state index < -0.39 is 0 Å². The summed E-state index contributed by atoms with van der Waals surface area (Å²) >= 11 is 0. The highest BCUT2D eigenvalue weighted by Gasteiger charge is 2.29. The van der Waals surface area contributed by atoms with Crippen LogP contribution >= 0.6 is 0 Å². The lowest BCUT2D eigenvalue weighted by molar-refractivity contribution is 0.554. The minimum Gasteiger partial charge on any atom is -0.327 e. The van der Waals surface area contributed by atoms with Crippen LogP contribution in [0.4, 0.5) is 0 Å².